The maximum Gasteiger partial charge on any atom is 0.341 e. The number of pyridine rings is 1. The molecule has 0 saturated carbocycles. The van der Waals surface area contributed by atoms with Crippen LogP contribution in [0.15, 0.2) is 36.5 Å². The van der Waals surface area contributed by atoms with Crippen LogP contribution in [0.4, 0.5) is 15.9 Å². The van der Waals surface area contributed by atoms with Crippen molar-refractivity contribution in [2.24, 2.45) is 0 Å². The van der Waals surface area contributed by atoms with Gasteiger partial charge in [-0.1, -0.05) is 6.07 Å². The number of halogens is 1. The van der Waals surface area contributed by atoms with Crippen LogP contribution in [0.1, 0.15) is 35.7 Å². The number of hydrogen-bond donors (Lipinski definition) is 2. The summed E-state index contributed by atoms with van der Waals surface area (Å²) in [5.41, 5.74) is 1.65. The van der Waals surface area contributed by atoms with Gasteiger partial charge in [0.05, 0.1) is 18.4 Å². The second-order valence-electron chi connectivity index (χ2n) is 6.48. The van der Waals surface area contributed by atoms with Crippen LogP contribution < -0.4 is 10.2 Å². The van der Waals surface area contributed by atoms with Gasteiger partial charge in [0, 0.05) is 25.8 Å². The third-order valence-corrected chi connectivity index (χ3v) is 4.58. The van der Waals surface area contributed by atoms with Crippen molar-refractivity contribution in [3.05, 3.63) is 53.5 Å². The molecule has 6 nitrogen and oxygen atoms in total. The summed E-state index contributed by atoms with van der Waals surface area (Å²) >= 11 is 0. The van der Waals surface area contributed by atoms with Crippen molar-refractivity contribution in [2.75, 3.05) is 29.9 Å². The fraction of sp³-hybridized carbons (Fsp3) is 0.400. The lowest BCUT2D eigenvalue weighted by molar-refractivity contribution is 0.0527. The molecule has 2 heterocycles. The molecule has 2 N–H and O–H groups in total. The number of anilines is 2. The summed E-state index contributed by atoms with van der Waals surface area (Å²) in [4.78, 5) is 18.1. The van der Waals surface area contributed by atoms with Crippen LogP contribution in [0.3, 0.4) is 0 Å². The normalized spacial score (nSPS) is 14.9. The summed E-state index contributed by atoms with van der Waals surface area (Å²) in [5, 5.41) is 12.7. The molecule has 0 amide bonds. The molecular formula is C20H24FN3O3. The molecule has 0 aliphatic carbocycles. The Labute approximate surface area is 158 Å². The van der Waals surface area contributed by atoms with Crippen molar-refractivity contribution >= 4 is 17.5 Å². The van der Waals surface area contributed by atoms with Gasteiger partial charge in [-0.2, -0.15) is 0 Å². The largest absolute Gasteiger partial charge is 0.462 e. The number of nitrogens with one attached hydrogen (secondary N) is 1. The predicted molar refractivity (Wildman–Crippen MR) is 101 cm³/mol. The lowest BCUT2D eigenvalue weighted by Crippen LogP contribution is -2.36. The highest BCUT2D eigenvalue weighted by molar-refractivity contribution is 5.94. The number of aromatic nitrogens is 1. The average Bonchev–Trinajstić information content (AvgIpc) is 2.68. The van der Waals surface area contributed by atoms with Crippen LogP contribution in [0.2, 0.25) is 0 Å². The van der Waals surface area contributed by atoms with Gasteiger partial charge in [-0.3, -0.25) is 0 Å². The summed E-state index contributed by atoms with van der Waals surface area (Å²) < 4.78 is 19.6. The highest BCUT2D eigenvalue weighted by atomic mass is 19.1. The Morgan fingerprint density at radius 2 is 2.15 bits per heavy atom. The maximum atomic E-state index is 14.5. The number of piperidine rings is 1. The molecule has 1 fully saturated rings. The Morgan fingerprint density at radius 3 is 2.85 bits per heavy atom. The number of benzene rings is 1. The molecule has 0 radical (unpaired) electrons. The van der Waals surface area contributed by atoms with Crippen molar-refractivity contribution in [3.63, 3.8) is 0 Å². The smallest absolute Gasteiger partial charge is 0.341 e. The number of aliphatic hydroxyl groups excluding tert-OH is 1. The fourth-order valence-electron chi connectivity index (χ4n) is 3.13. The molecule has 27 heavy (non-hydrogen) atoms. The molecule has 7 heteroatoms. The van der Waals surface area contributed by atoms with Gasteiger partial charge >= 0.3 is 5.97 Å². The van der Waals surface area contributed by atoms with E-state index in [0.717, 1.165) is 5.56 Å². The van der Waals surface area contributed by atoms with Crippen LogP contribution in [0.5, 0.6) is 0 Å². The van der Waals surface area contributed by atoms with Crippen LogP contribution in [0, 0.1) is 5.82 Å². The Morgan fingerprint density at radius 1 is 1.37 bits per heavy atom. The molecule has 0 unspecified atom stereocenters. The van der Waals surface area contributed by atoms with E-state index >= 15 is 0 Å². The molecule has 0 bridgehead atoms. The van der Waals surface area contributed by atoms with E-state index in [2.05, 4.69) is 10.3 Å². The third-order valence-electron chi connectivity index (χ3n) is 4.58. The van der Waals surface area contributed by atoms with Crippen molar-refractivity contribution in [3.8, 4) is 0 Å². The lowest BCUT2D eigenvalue weighted by Gasteiger charge is -2.31. The highest BCUT2D eigenvalue weighted by Gasteiger charge is 2.20. The van der Waals surface area contributed by atoms with Crippen LogP contribution in [-0.4, -0.2) is 41.9 Å². The SMILES string of the molecule is CCOC(=O)c1cccnc1NCc1ccc(N2CCC(O)CC2)c(F)c1. The topological polar surface area (TPSA) is 74.7 Å². The number of ether oxygens (including phenoxy) is 1. The molecule has 1 aromatic heterocycles. The van der Waals surface area contributed by atoms with Crippen molar-refractivity contribution in [2.45, 2.75) is 32.4 Å². The molecule has 1 saturated heterocycles. The number of esters is 1. The second-order valence-corrected chi connectivity index (χ2v) is 6.48. The molecule has 2 aromatic rings. The summed E-state index contributed by atoms with van der Waals surface area (Å²) in [6, 6.07) is 8.40. The molecular weight excluding hydrogens is 349 g/mol. The number of carbonyl (C=O) groups excluding carboxylic acids is 1. The third kappa shape index (κ3) is 4.74. The first-order chi connectivity index (χ1) is 13.1. The van der Waals surface area contributed by atoms with Crippen LogP contribution in [0.25, 0.3) is 0 Å². The first-order valence-electron chi connectivity index (χ1n) is 9.16. The molecule has 0 atom stereocenters. The van der Waals surface area contributed by atoms with E-state index in [9.17, 15) is 14.3 Å². The minimum atomic E-state index is -0.443. The fourth-order valence-corrected chi connectivity index (χ4v) is 3.13. The van der Waals surface area contributed by atoms with Gasteiger partial charge in [0.1, 0.15) is 17.2 Å². The summed E-state index contributed by atoms with van der Waals surface area (Å²) in [6.07, 6.45) is 2.59. The Kier molecular flexibility index (Phi) is 6.24. The lowest BCUT2D eigenvalue weighted by atomic mass is 10.1. The van der Waals surface area contributed by atoms with E-state index in [4.69, 9.17) is 4.74 Å². The molecule has 1 aromatic carbocycles. The van der Waals surface area contributed by atoms with E-state index in [1.807, 2.05) is 11.0 Å². The molecule has 1 aliphatic rings. The molecule has 3 rings (SSSR count). The van der Waals surface area contributed by atoms with E-state index in [1.165, 1.54) is 6.07 Å². The Bertz CT molecular complexity index is 792. The van der Waals surface area contributed by atoms with Gasteiger partial charge in [0.25, 0.3) is 0 Å². The summed E-state index contributed by atoms with van der Waals surface area (Å²) in [6.45, 7) is 3.65. The standard InChI is InChI=1S/C20H24FN3O3/c1-2-27-20(26)16-4-3-9-22-19(16)23-13-14-5-6-18(17(21)12-14)24-10-7-15(25)8-11-24/h3-6,9,12,15,25H,2,7-8,10-11,13H2,1H3,(H,22,23). The van der Waals surface area contributed by atoms with E-state index in [-0.39, 0.29) is 18.5 Å². The van der Waals surface area contributed by atoms with E-state index < -0.39 is 5.97 Å². The van der Waals surface area contributed by atoms with Crippen molar-refractivity contribution in [1.82, 2.24) is 4.98 Å². The molecule has 1 aliphatic heterocycles. The van der Waals surface area contributed by atoms with Crippen LogP contribution in [-0.2, 0) is 11.3 Å². The predicted octanol–water partition coefficient (Wildman–Crippen LogP) is 2.97. The number of aliphatic hydroxyl groups is 1. The minimum Gasteiger partial charge on any atom is -0.462 e. The number of hydrogen-bond acceptors (Lipinski definition) is 6. The number of rotatable bonds is 6. The second kappa shape index (κ2) is 8.81. The Balaban J connectivity index is 1.67. The monoisotopic (exact) mass is 373 g/mol. The zero-order chi connectivity index (χ0) is 19.2. The molecule has 144 valence electrons. The van der Waals surface area contributed by atoms with Crippen molar-refractivity contribution < 1.29 is 19.0 Å². The number of nitrogens with zero attached hydrogens (tertiary/aromatic N) is 2. The Hall–Kier alpha value is -2.67. The zero-order valence-corrected chi connectivity index (χ0v) is 15.3. The number of carbonyl (C=O) groups is 1. The first-order valence-corrected chi connectivity index (χ1v) is 9.16. The van der Waals surface area contributed by atoms with Gasteiger partial charge < -0.3 is 20.1 Å². The van der Waals surface area contributed by atoms with Gasteiger partial charge in [-0.15, -0.1) is 0 Å². The van der Waals surface area contributed by atoms with E-state index in [0.29, 0.717) is 49.5 Å². The van der Waals surface area contributed by atoms with E-state index in [1.54, 1.807) is 31.3 Å². The van der Waals surface area contributed by atoms with Crippen molar-refractivity contribution in [1.29, 1.82) is 0 Å². The maximum absolute atomic E-state index is 14.5. The van der Waals surface area contributed by atoms with Gasteiger partial charge in [0.2, 0.25) is 0 Å². The van der Waals surface area contributed by atoms with Gasteiger partial charge in [-0.25, -0.2) is 14.2 Å². The summed E-state index contributed by atoms with van der Waals surface area (Å²) in [7, 11) is 0. The van der Waals surface area contributed by atoms with Crippen LogP contribution >= 0.6 is 0 Å². The first kappa shape index (κ1) is 19.1. The van der Waals surface area contributed by atoms with Gasteiger partial charge in [-0.05, 0) is 49.6 Å². The summed E-state index contributed by atoms with van der Waals surface area (Å²) in [5.74, 6) is -0.329. The van der Waals surface area contributed by atoms with Gasteiger partial charge in [0.15, 0.2) is 0 Å². The highest BCUT2D eigenvalue weighted by Crippen LogP contribution is 2.25. The zero-order valence-electron chi connectivity index (χ0n) is 15.3. The quantitative estimate of drug-likeness (QED) is 0.759. The minimum absolute atomic E-state index is 0.285. The molecule has 0 spiro atoms. The average molecular weight is 373 g/mol.